The van der Waals surface area contributed by atoms with Crippen molar-refractivity contribution >= 4 is 11.6 Å². The molecule has 0 heterocycles. The van der Waals surface area contributed by atoms with Crippen molar-refractivity contribution < 1.29 is 5.11 Å². The summed E-state index contributed by atoms with van der Waals surface area (Å²) in [5.74, 6) is 0.392. The topological polar surface area (TPSA) is 32.3 Å². The zero-order valence-corrected chi connectivity index (χ0v) is 13.5. The molecule has 2 N–H and O–H groups in total. The van der Waals surface area contributed by atoms with E-state index in [1.807, 2.05) is 44.2 Å². The largest absolute Gasteiger partial charge is 0.507 e. The van der Waals surface area contributed by atoms with Crippen molar-refractivity contribution in [2.75, 3.05) is 0 Å². The summed E-state index contributed by atoms with van der Waals surface area (Å²) in [5.41, 5.74) is 4.20. The van der Waals surface area contributed by atoms with E-state index in [1.165, 1.54) is 5.56 Å². The van der Waals surface area contributed by atoms with E-state index < -0.39 is 0 Å². The molecule has 0 radical (unpaired) electrons. The van der Waals surface area contributed by atoms with E-state index in [0.29, 0.717) is 11.8 Å². The van der Waals surface area contributed by atoms with Gasteiger partial charge in [0.05, 0.1) is 0 Å². The summed E-state index contributed by atoms with van der Waals surface area (Å²) in [6.07, 6.45) is 0.899. The van der Waals surface area contributed by atoms with Crippen LogP contribution in [0, 0.1) is 13.8 Å². The molecule has 0 spiro atoms. The van der Waals surface area contributed by atoms with E-state index in [1.54, 1.807) is 0 Å². The fourth-order valence-corrected chi connectivity index (χ4v) is 2.72. The van der Waals surface area contributed by atoms with Gasteiger partial charge < -0.3 is 10.4 Å². The van der Waals surface area contributed by atoms with Crippen LogP contribution < -0.4 is 5.32 Å². The average molecular weight is 304 g/mol. The molecule has 0 saturated heterocycles. The van der Waals surface area contributed by atoms with Crippen molar-refractivity contribution in [2.24, 2.45) is 0 Å². The Balaban J connectivity index is 1.95. The Kier molecular flexibility index (Phi) is 5.27. The van der Waals surface area contributed by atoms with Gasteiger partial charge in [-0.05, 0) is 55.5 Å². The van der Waals surface area contributed by atoms with Gasteiger partial charge in [0.2, 0.25) is 0 Å². The second-order valence-corrected chi connectivity index (χ2v) is 6.06. The summed E-state index contributed by atoms with van der Waals surface area (Å²) in [7, 11) is 0. The number of hydrogen-bond acceptors (Lipinski definition) is 2. The SMILES string of the molecule is Cc1cc(CNC(C)Cc2ccccc2Cl)cc(C)c1O. The molecule has 21 heavy (non-hydrogen) atoms. The molecule has 0 aliphatic rings. The Morgan fingerprint density at radius 2 is 1.76 bits per heavy atom. The summed E-state index contributed by atoms with van der Waals surface area (Å²) in [4.78, 5) is 0. The highest BCUT2D eigenvalue weighted by atomic mass is 35.5. The Morgan fingerprint density at radius 3 is 2.38 bits per heavy atom. The van der Waals surface area contributed by atoms with Gasteiger partial charge in [0, 0.05) is 17.6 Å². The summed E-state index contributed by atoms with van der Waals surface area (Å²) in [6, 6.07) is 12.3. The predicted octanol–water partition coefficient (Wildman–Crippen LogP) is 4.38. The molecule has 2 rings (SSSR count). The number of halogens is 1. The molecule has 0 amide bonds. The first-order valence-electron chi connectivity index (χ1n) is 7.23. The minimum absolute atomic E-state index is 0.333. The van der Waals surface area contributed by atoms with E-state index in [4.69, 9.17) is 11.6 Å². The number of phenols is 1. The van der Waals surface area contributed by atoms with Crippen LogP contribution >= 0.6 is 11.6 Å². The van der Waals surface area contributed by atoms with Gasteiger partial charge in [0.1, 0.15) is 5.75 Å². The highest BCUT2D eigenvalue weighted by molar-refractivity contribution is 6.31. The lowest BCUT2D eigenvalue weighted by Crippen LogP contribution is -2.27. The van der Waals surface area contributed by atoms with Crippen LogP contribution in [0.1, 0.15) is 29.2 Å². The Hall–Kier alpha value is -1.51. The molecule has 1 atom stereocenters. The monoisotopic (exact) mass is 303 g/mol. The number of phenolic OH excluding ortho intramolecular Hbond substituents is 1. The van der Waals surface area contributed by atoms with Crippen LogP contribution in [0.2, 0.25) is 5.02 Å². The third-order valence-electron chi connectivity index (χ3n) is 3.69. The fourth-order valence-electron chi connectivity index (χ4n) is 2.51. The van der Waals surface area contributed by atoms with Gasteiger partial charge in [-0.2, -0.15) is 0 Å². The van der Waals surface area contributed by atoms with E-state index in [-0.39, 0.29) is 0 Å². The van der Waals surface area contributed by atoms with Gasteiger partial charge >= 0.3 is 0 Å². The molecule has 1 unspecified atom stereocenters. The lowest BCUT2D eigenvalue weighted by molar-refractivity contribution is 0.466. The van der Waals surface area contributed by atoms with Crippen molar-refractivity contribution in [3.05, 3.63) is 63.7 Å². The van der Waals surface area contributed by atoms with Crippen molar-refractivity contribution in [1.29, 1.82) is 0 Å². The lowest BCUT2D eigenvalue weighted by atomic mass is 10.0. The van der Waals surface area contributed by atoms with Crippen LogP contribution in [0.5, 0.6) is 5.75 Å². The van der Waals surface area contributed by atoms with Crippen molar-refractivity contribution in [1.82, 2.24) is 5.32 Å². The van der Waals surface area contributed by atoms with Crippen molar-refractivity contribution in [3.63, 3.8) is 0 Å². The van der Waals surface area contributed by atoms with E-state index in [2.05, 4.69) is 18.3 Å². The maximum atomic E-state index is 9.80. The molecule has 112 valence electrons. The quantitative estimate of drug-likeness (QED) is 0.859. The number of hydrogen-bond donors (Lipinski definition) is 2. The number of benzene rings is 2. The zero-order valence-electron chi connectivity index (χ0n) is 12.8. The molecule has 2 nitrogen and oxygen atoms in total. The van der Waals surface area contributed by atoms with Crippen LogP contribution in [0.15, 0.2) is 36.4 Å². The number of aromatic hydroxyl groups is 1. The second-order valence-electron chi connectivity index (χ2n) is 5.66. The van der Waals surface area contributed by atoms with Crippen molar-refractivity contribution in [2.45, 2.75) is 39.8 Å². The Bertz CT molecular complexity index is 601. The van der Waals surface area contributed by atoms with E-state index in [9.17, 15) is 5.11 Å². The molecule has 0 aliphatic heterocycles. The third kappa shape index (κ3) is 4.23. The van der Waals surface area contributed by atoms with Crippen LogP contribution in [0.4, 0.5) is 0 Å². The van der Waals surface area contributed by atoms with Crippen LogP contribution in [-0.2, 0) is 13.0 Å². The summed E-state index contributed by atoms with van der Waals surface area (Å²) >= 11 is 6.19. The molecule has 2 aromatic carbocycles. The first-order chi connectivity index (χ1) is 9.97. The van der Waals surface area contributed by atoms with Gasteiger partial charge in [-0.1, -0.05) is 41.9 Å². The van der Waals surface area contributed by atoms with E-state index in [0.717, 1.165) is 34.7 Å². The maximum Gasteiger partial charge on any atom is 0.121 e. The summed E-state index contributed by atoms with van der Waals surface area (Å²) in [5, 5.41) is 14.1. The first-order valence-corrected chi connectivity index (χ1v) is 7.61. The molecule has 0 aliphatic carbocycles. The number of nitrogens with one attached hydrogen (secondary N) is 1. The van der Waals surface area contributed by atoms with Crippen LogP contribution in [0.25, 0.3) is 0 Å². The van der Waals surface area contributed by atoms with Gasteiger partial charge in [-0.15, -0.1) is 0 Å². The minimum Gasteiger partial charge on any atom is -0.507 e. The average Bonchev–Trinajstić information content (AvgIpc) is 2.45. The summed E-state index contributed by atoms with van der Waals surface area (Å²) in [6.45, 7) is 6.80. The molecule has 3 heteroatoms. The molecular weight excluding hydrogens is 282 g/mol. The molecular formula is C18H22ClNO. The zero-order chi connectivity index (χ0) is 15.4. The molecule has 0 bridgehead atoms. The molecule has 0 saturated carbocycles. The number of aryl methyl sites for hydroxylation is 2. The Morgan fingerprint density at radius 1 is 1.14 bits per heavy atom. The lowest BCUT2D eigenvalue weighted by Gasteiger charge is -2.16. The number of rotatable bonds is 5. The van der Waals surface area contributed by atoms with Gasteiger partial charge in [0.15, 0.2) is 0 Å². The maximum absolute atomic E-state index is 9.80. The summed E-state index contributed by atoms with van der Waals surface area (Å²) < 4.78 is 0. The van der Waals surface area contributed by atoms with Gasteiger partial charge in [0.25, 0.3) is 0 Å². The first kappa shape index (κ1) is 15.9. The van der Waals surface area contributed by atoms with Gasteiger partial charge in [-0.3, -0.25) is 0 Å². The highest BCUT2D eigenvalue weighted by Gasteiger charge is 2.08. The van der Waals surface area contributed by atoms with Gasteiger partial charge in [-0.25, -0.2) is 0 Å². The van der Waals surface area contributed by atoms with Crippen LogP contribution in [-0.4, -0.2) is 11.1 Å². The molecule has 0 aromatic heterocycles. The normalized spacial score (nSPS) is 12.4. The van der Waals surface area contributed by atoms with E-state index >= 15 is 0 Å². The molecule has 2 aromatic rings. The Labute approximate surface area is 131 Å². The second kappa shape index (κ2) is 6.97. The predicted molar refractivity (Wildman–Crippen MR) is 89.0 cm³/mol. The molecule has 0 fully saturated rings. The van der Waals surface area contributed by atoms with Crippen molar-refractivity contribution in [3.8, 4) is 5.75 Å². The highest BCUT2D eigenvalue weighted by Crippen LogP contribution is 2.23. The minimum atomic E-state index is 0.333. The van der Waals surface area contributed by atoms with Crippen LogP contribution in [0.3, 0.4) is 0 Å². The standard InChI is InChI=1S/C18H22ClNO/c1-12-8-15(9-13(2)18(12)21)11-20-14(3)10-16-6-4-5-7-17(16)19/h4-9,14,20-21H,10-11H2,1-3H3. The third-order valence-corrected chi connectivity index (χ3v) is 4.06. The fraction of sp³-hybridized carbons (Fsp3) is 0.333. The smallest absolute Gasteiger partial charge is 0.121 e.